The molecule has 6 heteroatoms. The summed E-state index contributed by atoms with van der Waals surface area (Å²) in [5, 5.41) is 0. The molecule has 4 rings (SSSR count). The van der Waals surface area contributed by atoms with E-state index in [9.17, 15) is 13.6 Å². The molecule has 2 aromatic carbocycles. The average Bonchev–Trinajstić information content (AvgIpc) is 3.07. The molecule has 4 nitrogen and oxygen atoms in total. The van der Waals surface area contributed by atoms with Crippen molar-refractivity contribution in [3.8, 4) is 11.5 Å². The number of hydrogen-bond donors (Lipinski definition) is 0. The van der Waals surface area contributed by atoms with Crippen LogP contribution in [0.3, 0.4) is 0 Å². The van der Waals surface area contributed by atoms with E-state index in [4.69, 9.17) is 9.47 Å². The van der Waals surface area contributed by atoms with Gasteiger partial charge in [-0.1, -0.05) is 12.1 Å². The monoisotopic (exact) mass is 415 g/mol. The second-order valence-corrected chi connectivity index (χ2v) is 8.30. The van der Waals surface area contributed by atoms with Gasteiger partial charge in [-0.15, -0.1) is 0 Å². The third kappa shape index (κ3) is 4.06. The first kappa shape index (κ1) is 20.8. The van der Waals surface area contributed by atoms with Crippen LogP contribution in [0.5, 0.6) is 11.5 Å². The van der Waals surface area contributed by atoms with Crippen molar-refractivity contribution >= 4 is 5.78 Å². The fourth-order valence-corrected chi connectivity index (χ4v) is 4.79. The summed E-state index contributed by atoms with van der Waals surface area (Å²) in [5.74, 6) is -0.0815. The first-order valence-corrected chi connectivity index (χ1v) is 10.4. The van der Waals surface area contributed by atoms with Crippen molar-refractivity contribution in [2.75, 3.05) is 27.3 Å². The van der Waals surface area contributed by atoms with Gasteiger partial charge in [-0.05, 0) is 68.5 Å². The Labute approximate surface area is 175 Å². The molecule has 1 heterocycles. The van der Waals surface area contributed by atoms with Crippen molar-refractivity contribution in [3.05, 3.63) is 58.7 Å². The molecule has 0 amide bonds. The maximum atomic E-state index is 14.8. The third-order valence-corrected chi connectivity index (χ3v) is 6.44. The van der Waals surface area contributed by atoms with Crippen LogP contribution in [0.25, 0.3) is 0 Å². The van der Waals surface area contributed by atoms with Crippen LogP contribution >= 0.6 is 0 Å². The molecular formula is C24H27F2NO3. The summed E-state index contributed by atoms with van der Waals surface area (Å²) in [4.78, 5) is 15.3. The number of nitrogens with zero attached hydrogens (tertiary/aromatic N) is 1. The van der Waals surface area contributed by atoms with Crippen LogP contribution in [0, 0.1) is 23.5 Å². The molecule has 2 aromatic rings. The Bertz CT molecular complexity index is 921. The summed E-state index contributed by atoms with van der Waals surface area (Å²) in [7, 11) is 2.85. The molecule has 1 fully saturated rings. The van der Waals surface area contributed by atoms with Crippen molar-refractivity contribution in [3.63, 3.8) is 0 Å². The number of rotatable bonds is 6. The van der Waals surface area contributed by atoms with E-state index in [0.29, 0.717) is 23.5 Å². The fraction of sp³-hybridized carbons (Fsp3) is 0.458. The molecule has 30 heavy (non-hydrogen) atoms. The fourth-order valence-electron chi connectivity index (χ4n) is 4.79. The van der Waals surface area contributed by atoms with Gasteiger partial charge >= 0.3 is 0 Å². The van der Waals surface area contributed by atoms with Crippen molar-refractivity contribution in [1.29, 1.82) is 0 Å². The van der Waals surface area contributed by atoms with E-state index in [1.165, 1.54) is 26.4 Å². The quantitative estimate of drug-likeness (QED) is 0.689. The minimum atomic E-state index is -0.475. The molecule has 0 spiro atoms. The molecule has 0 aromatic heterocycles. The van der Waals surface area contributed by atoms with Gasteiger partial charge in [0.1, 0.15) is 5.82 Å². The van der Waals surface area contributed by atoms with Crippen molar-refractivity contribution < 1.29 is 23.0 Å². The molecule has 1 unspecified atom stereocenters. The second-order valence-electron chi connectivity index (χ2n) is 8.30. The number of benzene rings is 2. The van der Waals surface area contributed by atoms with Gasteiger partial charge in [0.15, 0.2) is 23.1 Å². The Kier molecular flexibility index (Phi) is 6.04. The largest absolute Gasteiger partial charge is 0.493 e. The first-order chi connectivity index (χ1) is 14.5. The number of ketones is 1. The number of methoxy groups -OCH3 is 2. The first-order valence-electron chi connectivity index (χ1n) is 10.4. The highest BCUT2D eigenvalue weighted by atomic mass is 19.1. The van der Waals surface area contributed by atoms with Crippen LogP contribution in [0.15, 0.2) is 30.3 Å². The Balaban J connectivity index is 1.36. The number of Topliss-reactive ketones (excluding diaryl/α,β-unsaturated/α-hetero) is 1. The molecule has 0 radical (unpaired) electrons. The average molecular weight is 415 g/mol. The number of hydrogen-bond acceptors (Lipinski definition) is 4. The summed E-state index contributed by atoms with van der Waals surface area (Å²) in [6.07, 6.45) is 3.23. The molecule has 1 aliphatic heterocycles. The Hall–Kier alpha value is -2.47. The summed E-state index contributed by atoms with van der Waals surface area (Å²) >= 11 is 0. The molecule has 2 aliphatic rings. The number of piperidine rings is 1. The van der Waals surface area contributed by atoms with Crippen molar-refractivity contribution in [2.45, 2.75) is 32.2 Å². The van der Waals surface area contributed by atoms with E-state index in [-0.39, 0.29) is 29.0 Å². The van der Waals surface area contributed by atoms with E-state index in [2.05, 4.69) is 4.90 Å². The van der Waals surface area contributed by atoms with Gasteiger partial charge in [0.2, 0.25) is 0 Å². The van der Waals surface area contributed by atoms with Crippen molar-refractivity contribution in [2.24, 2.45) is 11.8 Å². The van der Waals surface area contributed by atoms with Gasteiger partial charge in [-0.3, -0.25) is 9.69 Å². The van der Waals surface area contributed by atoms with E-state index in [1.54, 1.807) is 6.07 Å². The maximum Gasteiger partial charge on any atom is 0.197 e. The minimum Gasteiger partial charge on any atom is -0.493 e. The molecule has 1 atom stereocenters. The lowest BCUT2D eigenvalue weighted by Crippen LogP contribution is -2.34. The van der Waals surface area contributed by atoms with Crippen LogP contribution in [0.4, 0.5) is 8.78 Å². The lowest BCUT2D eigenvalue weighted by atomic mass is 9.85. The zero-order valence-electron chi connectivity index (χ0n) is 17.4. The summed E-state index contributed by atoms with van der Waals surface area (Å²) < 4.78 is 38.3. The number of ether oxygens (including phenoxy) is 2. The van der Waals surface area contributed by atoms with Crippen LogP contribution in [0.1, 0.15) is 40.7 Å². The van der Waals surface area contributed by atoms with Crippen LogP contribution in [-0.4, -0.2) is 38.0 Å². The van der Waals surface area contributed by atoms with Gasteiger partial charge in [-0.25, -0.2) is 8.78 Å². The topological polar surface area (TPSA) is 38.8 Å². The molecule has 0 bridgehead atoms. The Morgan fingerprint density at radius 2 is 1.77 bits per heavy atom. The van der Waals surface area contributed by atoms with E-state index in [0.717, 1.165) is 44.5 Å². The Morgan fingerprint density at radius 1 is 1.07 bits per heavy atom. The van der Waals surface area contributed by atoms with Gasteiger partial charge in [0, 0.05) is 23.6 Å². The standard InChI is InChI=1S/C24H27F2NO3/c1-29-21-13-20-19(22(26)24(21)30-2)12-17(23(20)28)11-15-7-9-27(10-8-15)14-16-3-5-18(25)6-4-16/h3-6,13,15,17H,7-12,14H2,1-2H3. The van der Waals surface area contributed by atoms with Gasteiger partial charge < -0.3 is 9.47 Å². The number of carbonyl (C=O) groups is 1. The normalized spacial score (nSPS) is 19.7. The number of likely N-dealkylation sites (tertiary alicyclic amines) is 1. The van der Waals surface area contributed by atoms with Gasteiger partial charge in [0.25, 0.3) is 0 Å². The predicted molar refractivity (Wildman–Crippen MR) is 110 cm³/mol. The van der Waals surface area contributed by atoms with Gasteiger partial charge in [0.05, 0.1) is 14.2 Å². The van der Waals surface area contributed by atoms with Crippen LogP contribution < -0.4 is 9.47 Å². The Morgan fingerprint density at radius 3 is 2.40 bits per heavy atom. The zero-order valence-corrected chi connectivity index (χ0v) is 17.4. The van der Waals surface area contributed by atoms with E-state index in [1.807, 2.05) is 12.1 Å². The molecule has 0 N–H and O–H groups in total. The number of fused-ring (bicyclic) bond motifs is 1. The predicted octanol–water partition coefficient (Wildman–Crippen LogP) is 4.64. The highest BCUT2D eigenvalue weighted by Crippen LogP contribution is 2.42. The number of halogens is 2. The highest BCUT2D eigenvalue weighted by Gasteiger charge is 2.37. The van der Waals surface area contributed by atoms with E-state index >= 15 is 0 Å². The van der Waals surface area contributed by atoms with Crippen LogP contribution in [-0.2, 0) is 13.0 Å². The molecular weight excluding hydrogens is 388 g/mol. The summed E-state index contributed by atoms with van der Waals surface area (Å²) in [6, 6.07) is 8.26. The second kappa shape index (κ2) is 8.72. The van der Waals surface area contributed by atoms with Crippen molar-refractivity contribution in [1.82, 2.24) is 4.90 Å². The lowest BCUT2D eigenvalue weighted by molar-refractivity contribution is 0.0895. The molecule has 160 valence electrons. The molecule has 1 saturated heterocycles. The smallest absolute Gasteiger partial charge is 0.197 e. The SMILES string of the molecule is COc1cc2c(c(F)c1OC)CC(CC1CCN(Cc3ccc(F)cc3)CC1)C2=O. The third-order valence-electron chi connectivity index (χ3n) is 6.44. The van der Waals surface area contributed by atoms with E-state index < -0.39 is 5.82 Å². The summed E-state index contributed by atoms with van der Waals surface area (Å²) in [5.41, 5.74) is 2.00. The summed E-state index contributed by atoms with van der Waals surface area (Å²) in [6.45, 7) is 2.71. The minimum absolute atomic E-state index is 0.0126. The number of carbonyl (C=O) groups excluding carboxylic acids is 1. The van der Waals surface area contributed by atoms with Gasteiger partial charge in [-0.2, -0.15) is 0 Å². The molecule has 1 aliphatic carbocycles. The maximum absolute atomic E-state index is 14.8. The van der Waals surface area contributed by atoms with Crippen LogP contribution in [0.2, 0.25) is 0 Å². The highest BCUT2D eigenvalue weighted by molar-refractivity contribution is 6.03. The molecule has 0 saturated carbocycles. The zero-order chi connectivity index (χ0) is 21.3. The lowest BCUT2D eigenvalue weighted by Gasteiger charge is -2.33.